The largest absolute Gasteiger partial charge is 0.481 e. The molecule has 0 aliphatic carbocycles. The van der Waals surface area contributed by atoms with Crippen LogP contribution >= 0.6 is 11.8 Å². The van der Waals surface area contributed by atoms with Crippen molar-refractivity contribution in [3.05, 3.63) is 42.5 Å². The van der Waals surface area contributed by atoms with Crippen LogP contribution < -0.4 is 0 Å². The molecule has 0 fully saturated rings. The average Bonchev–Trinajstić information content (AvgIpc) is 2.46. The number of benzene rings is 2. The van der Waals surface area contributed by atoms with E-state index in [0.29, 0.717) is 0 Å². The normalized spacial score (nSPS) is 11.7. The summed E-state index contributed by atoms with van der Waals surface area (Å²) in [6.45, 7) is 3.59. The van der Waals surface area contributed by atoms with Crippen LogP contribution in [0.4, 0.5) is 0 Å². The minimum absolute atomic E-state index is 0.604. The maximum atomic E-state index is 11.0. The van der Waals surface area contributed by atoms with Gasteiger partial charge in [0, 0.05) is 4.90 Å². The zero-order valence-corrected chi connectivity index (χ0v) is 13.5. The summed E-state index contributed by atoms with van der Waals surface area (Å²) in [7, 11) is 0. The Morgan fingerprint density at radius 3 is 2.52 bits per heavy atom. The molecule has 21 heavy (non-hydrogen) atoms. The van der Waals surface area contributed by atoms with E-state index in [1.165, 1.54) is 15.7 Å². The zero-order valence-electron chi connectivity index (χ0n) is 12.6. The number of hydrogen-bond acceptors (Lipinski definition) is 2. The molecule has 0 saturated heterocycles. The van der Waals surface area contributed by atoms with E-state index in [-0.39, 0.29) is 0 Å². The van der Waals surface area contributed by atoms with Crippen LogP contribution in [0.5, 0.6) is 0 Å². The number of carboxylic acid groups (broad SMARTS) is 1. The Morgan fingerprint density at radius 1 is 1.10 bits per heavy atom. The van der Waals surface area contributed by atoms with Crippen molar-refractivity contribution < 1.29 is 9.90 Å². The summed E-state index contributed by atoms with van der Waals surface area (Å²) in [4.78, 5) is 12.3. The Morgan fingerprint density at radius 2 is 1.81 bits per heavy atom. The van der Waals surface area contributed by atoms with Crippen LogP contribution in [0.25, 0.3) is 10.8 Å². The van der Waals surface area contributed by atoms with E-state index in [0.717, 1.165) is 25.0 Å². The van der Waals surface area contributed by atoms with Gasteiger partial charge in [0.25, 0.3) is 0 Å². The van der Waals surface area contributed by atoms with Crippen LogP contribution in [0.15, 0.2) is 47.4 Å². The number of aliphatic carboxylic acids is 1. The van der Waals surface area contributed by atoms with Crippen molar-refractivity contribution in [1.82, 2.24) is 0 Å². The fraction of sp³-hybridized carbons (Fsp3) is 0.389. The van der Waals surface area contributed by atoms with Gasteiger partial charge in [-0.2, -0.15) is 0 Å². The standard InChI is InChI=1S/C18H22O2S/c1-18(2,17(19)20)11-5-6-12-21-16-10-9-14-7-3-4-8-15(14)13-16/h3-4,7-10,13H,5-6,11-12H2,1-2H3,(H,19,20). The van der Waals surface area contributed by atoms with Crippen molar-refractivity contribution >= 4 is 28.5 Å². The van der Waals surface area contributed by atoms with Gasteiger partial charge in [-0.15, -0.1) is 11.8 Å². The molecule has 0 heterocycles. The molecule has 0 unspecified atom stereocenters. The van der Waals surface area contributed by atoms with Gasteiger partial charge in [0.1, 0.15) is 0 Å². The first-order valence-corrected chi connectivity index (χ1v) is 8.33. The molecule has 0 amide bonds. The number of thioether (sulfide) groups is 1. The second kappa shape index (κ2) is 6.99. The molecule has 0 aliphatic rings. The van der Waals surface area contributed by atoms with Crippen LogP contribution in [0.1, 0.15) is 33.1 Å². The van der Waals surface area contributed by atoms with Crippen LogP contribution in [0, 0.1) is 5.41 Å². The Kier molecular flexibility index (Phi) is 5.29. The summed E-state index contributed by atoms with van der Waals surface area (Å²) in [6, 6.07) is 14.9. The van der Waals surface area contributed by atoms with E-state index in [9.17, 15) is 4.79 Å². The second-order valence-electron chi connectivity index (χ2n) is 6.00. The number of hydrogen-bond donors (Lipinski definition) is 1. The molecule has 0 aliphatic heterocycles. The highest BCUT2D eigenvalue weighted by Crippen LogP contribution is 2.27. The number of carboxylic acids is 1. The summed E-state index contributed by atoms with van der Waals surface area (Å²) in [5.41, 5.74) is -0.604. The molecule has 2 aromatic carbocycles. The van der Waals surface area contributed by atoms with Crippen LogP contribution in [-0.2, 0) is 4.79 Å². The van der Waals surface area contributed by atoms with Gasteiger partial charge in [-0.3, -0.25) is 4.79 Å². The molecule has 3 heteroatoms. The van der Waals surface area contributed by atoms with Crippen LogP contribution in [0.3, 0.4) is 0 Å². The number of carbonyl (C=O) groups is 1. The van der Waals surface area contributed by atoms with Gasteiger partial charge in [0.05, 0.1) is 5.41 Å². The van der Waals surface area contributed by atoms with Gasteiger partial charge < -0.3 is 5.11 Å². The molecule has 0 saturated carbocycles. The third-order valence-electron chi connectivity index (χ3n) is 3.76. The maximum absolute atomic E-state index is 11.0. The first kappa shape index (κ1) is 15.9. The van der Waals surface area contributed by atoms with Gasteiger partial charge in [0.15, 0.2) is 0 Å². The van der Waals surface area contributed by atoms with Crippen molar-refractivity contribution in [1.29, 1.82) is 0 Å². The quantitative estimate of drug-likeness (QED) is 0.563. The van der Waals surface area contributed by atoms with Gasteiger partial charge in [0.2, 0.25) is 0 Å². The highest BCUT2D eigenvalue weighted by molar-refractivity contribution is 7.99. The first-order valence-electron chi connectivity index (χ1n) is 7.34. The highest BCUT2D eigenvalue weighted by atomic mass is 32.2. The third kappa shape index (κ3) is 4.50. The number of unbranched alkanes of at least 4 members (excludes halogenated alkanes) is 1. The molecule has 0 spiro atoms. The van der Waals surface area contributed by atoms with Gasteiger partial charge in [-0.05, 0) is 55.3 Å². The molecule has 0 bridgehead atoms. The van der Waals surface area contributed by atoms with Crippen LogP contribution in [0.2, 0.25) is 0 Å². The van der Waals surface area contributed by atoms with Gasteiger partial charge in [-0.25, -0.2) is 0 Å². The number of fused-ring (bicyclic) bond motifs is 1. The summed E-state index contributed by atoms with van der Waals surface area (Å²) >= 11 is 1.85. The summed E-state index contributed by atoms with van der Waals surface area (Å²) in [5.74, 6) is 0.332. The summed E-state index contributed by atoms with van der Waals surface area (Å²) in [5, 5.41) is 11.6. The topological polar surface area (TPSA) is 37.3 Å². The van der Waals surface area contributed by atoms with Crippen molar-refractivity contribution in [2.75, 3.05) is 5.75 Å². The lowest BCUT2D eigenvalue weighted by Crippen LogP contribution is -2.23. The summed E-state index contributed by atoms with van der Waals surface area (Å²) in [6.07, 6.45) is 2.74. The minimum atomic E-state index is -0.704. The molecule has 1 N–H and O–H groups in total. The Balaban J connectivity index is 1.79. The average molecular weight is 302 g/mol. The molecule has 0 atom stereocenters. The van der Waals surface area contributed by atoms with Crippen molar-refractivity contribution in [3.63, 3.8) is 0 Å². The fourth-order valence-corrected chi connectivity index (χ4v) is 3.18. The van der Waals surface area contributed by atoms with E-state index >= 15 is 0 Å². The lowest BCUT2D eigenvalue weighted by Gasteiger charge is -2.18. The minimum Gasteiger partial charge on any atom is -0.481 e. The molecular formula is C18H22O2S. The molecule has 112 valence electrons. The van der Waals surface area contributed by atoms with Crippen molar-refractivity contribution in [3.8, 4) is 0 Å². The SMILES string of the molecule is CC(C)(CCCCSc1ccc2ccccc2c1)C(=O)O. The maximum Gasteiger partial charge on any atom is 0.309 e. The predicted molar refractivity (Wildman–Crippen MR) is 89.9 cm³/mol. The molecule has 2 aromatic rings. The van der Waals surface area contributed by atoms with Gasteiger partial charge in [-0.1, -0.05) is 36.8 Å². The molecule has 2 nitrogen and oxygen atoms in total. The van der Waals surface area contributed by atoms with E-state index in [2.05, 4.69) is 42.5 Å². The molecular weight excluding hydrogens is 280 g/mol. The summed E-state index contributed by atoms with van der Waals surface area (Å²) < 4.78 is 0. The molecule has 0 radical (unpaired) electrons. The highest BCUT2D eigenvalue weighted by Gasteiger charge is 2.25. The lowest BCUT2D eigenvalue weighted by atomic mass is 9.88. The number of rotatable bonds is 7. The lowest BCUT2D eigenvalue weighted by molar-refractivity contribution is -0.147. The Labute approximate surface area is 130 Å². The fourth-order valence-electron chi connectivity index (χ4n) is 2.22. The first-order chi connectivity index (χ1) is 9.99. The Bertz CT molecular complexity index is 619. The molecule has 2 rings (SSSR count). The van der Waals surface area contributed by atoms with E-state index in [1.807, 2.05) is 11.8 Å². The van der Waals surface area contributed by atoms with E-state index in [4.69, 9.17) is 5.11 Å². The van der Waals surface area contributed by atoms with Crippen molar-refractivity contribution in [2.45, 2.75) is 38.0 Å². The van der Waals surface area contributed by atoms with E-state index in [1.54, 1.807) is 13.8 Å². The molecule has 0 aromatic heterocycles. The Hall–Kier alpha value is -1.48. The smallest absolute Gasteiger partial charge is 0.309 e. The monoisotopic (exact) mass is 302 g/mol. The van der Waals surface area contributed by atoms with Gasteiger partial charge >= 0.3 is 5.97 Å². The van der Waals surface area contributed by atoms with Crippen LogP contribution in [-0.4, -0.2) is 16.8 Å². The predicted octanol–water partition coefficient (Wildman–Crippen LogP) is 5.21. The second-order valence-corrected chi connectivity index (χ2v) is 7.17. The van der Waals surface area contributed by atoms with Crippen molar-refractivity contribution in [2.24, 2.45) is 5.41 Å². The zero-order chi connectivity index (χ0) is 15.3. The third-order valence-corrected chi connectivity index (χ3v) is 4.84. The van der Waals surface area contributed by atoms with E-state index < -0.39 is 11.4 Å².